The van der Waals surface area contributed by atoms with Crippen molar-refractivity contribution in [3.05, 3.63) is 0 Å². The smallest absolute Gasteiger partial charge is 0.303 e. The average Bonchev–Trinajstić information content (AvgIpc) is 3.27. The number of fused-ring (bicyclic) bond motifs is 6. The van der Waals surface area contributed by atoms with Crippen molar-refractivity contribution in [1.82, 2.24) is 5.32 Å². The molecule has 1 saturated heterocycles. The quantitative estimate of drug-likeness (QED) is 0.321. The number of nitrogens with one attached hydrogen (secondary N) is 1. The minimum absolute atomic E-state index is 0.0957. The molecule has 0 bridgehead atoms. The number of carbonyl (C=O) groups is 2. The lowest BCUT2D eigenvalue weighted by atomic mass is 9.43. The van der Waals surface area contributed by atoms with Gasteiger partial charge in [0.1, 0.15) is 5.78 Å². The van der Waals surface area contributed by atoms with E-state index in [1.165, 1.54) is 19.3 Å². The van der Waals surface area contributed by atoms with Gasteiger partial charge in [-0.15, -0.1) is 0 Å². The summed E-state index contributed by atoms with van der Waals surface area (Å²) >= 11 is 0. The van der Waals surface area contributed by atoms with E-state index in [1.807, 2.05) is 0 Å². The molecule has 6 rings (SSSR count). The Labute approximate surface area is 247 Å². The average molecular weight is 576 g/mol. The van der Waals surface area contributed by atoms with Crippen LogP contribution in [0.3, 0.4) is 0 Å². The molecular formula is C34H57NO6. The van der Waals surface area contributed by atoms with Crippen LogP contribution in [0.25, 0.3) is 0 Å². The van der Waals surface area contributed by atoms with Crippen molar-refractivity contribution in [1.29, 1.82) is 0 Å². The molecular weight excluding hydrogens is 518 g/mol. The van der Waals surface area contributed by atoms with Gasteiger partial charge in [0.05, 0.1) is 18.3 Å². The summed E-state index contributed by atoms with van der Waals surface area (Å²) in [4.78, 5) is 22.7. The lowest BCUT2D eigenvalue weighted by molar-refractivity contribution is -0.207. The van der Waals surface area contributed by atoms with Crippen molar-refractivity contribution in [2.24, 2.45) is 52.3 Å². The first kappa shape index (κ1) is 31.4. The first-order chi connectivity index (χ1) is 19.4. The van der Waals surface area contributed by atoms with Crippen LogP contribution in [-0.4, -0.2) is 62.6 Å². The number of piperidine rings is 1. The molecule has 6 unspecified atom stereocenters. The van der Waals surface area contributed by atoms with Crippen LogP contribution in [0.1, 0.15) is 118 Å². The number of aliphatic carboxylic acids is 1. The van der Waals surface area contributed by atoms with E-state index in [1.54, 1.807) is 0 Å². The molecule has 1 heterocycles. The third-order valence-electron chi connectivity index (χ3n) is 13.5. The normalized spacial score (nSPS) is 49.8. The SMILES string of the molecule is C[C@@H](CCC(=O)O)[C@@H]1CCC2C3C(C[C@@H](O)[C@]21C)[C@]1(C)CC[C@H](O)CC1C[C@@H]3O.C[C@@H]1CC(=O)C2CCCCC2N1. The molecule has 6 fully saturated rings. The molecule has 0 aromatic rings. The van der Waals surface area contributed by atoms with Gasteiger partial charge in [-0.25, -0.2) is 0 Å². The maximum absolute atomic E-state index is 11.6. The van der Waals surface area contributed by atoms with Gasteiger partial charge in [-0.1, -0.05) is 33.6 Å². The molecule has 7 nitrogen and oxygen atoms in total. The number of hydrogen-bond donors (Lipinski definition) is 5. The fourth-order valence-electron chi connectivity index (χ4n) is 11.3. The number of Topliss-reactive ketones (excluding diaryl/α,β-unsaturated/α-hetero) is 1. The van der Waals surface area contributed by atoms with Crippen molar-refractivity contribution in [2.45, 2.75) is 148 Å². The van der Waals surface area contributed by atoms with E-state index >= 15 is 0 Å². The van der Waals surface area contributed by atoms with Gasteiger partial charge in [-0.2, -0.15) is 0 Å². The minimum atomic E-state index is -0.748. The van der Waals surface area contributed by atoms with Gasteiger partial charge in [0, 0.05) is 30.8 Å². The highest BCUT2D eigenvalue weighted by molar-refractivity contribution is 5.83. The van der Waals surface area contributed by atoms with Crippen LogP contribution in [0.4, 0.5) is 0 Å². The Bertz CT molecular complexity index is 957. The molecule has 0 aromatic heterocycles. The predicted octanol–water partition coefficient (Wildman–Crippen LogP) is 4.94. The summed E-state index contributed by atoms with van der Waals surface area (Å²) in [6.45, 7) is 8.84. The summed E-state index contributed by atoms with van der Waals surface area (Å²) in [6, 6.07) is 0.923. The molecule has 0 spiro atoms. The first-order valence-electron chi connectivity index (χ1n) is 16.9. The zero-order chi connectivity index (χ0) is 29.7. The molecule has 7 heteroatoms. The Balaban J connectivity index is 0.000000234. The van der Waals surface area contributed by atoms with Gasteiger partial charge in [-0.3, -0.25) is 9.59 Å². The Kier molecular flexibility index (Phi) is 9.32. The maximum Gasteiger partial charge on any atom is 0.303 e. The van der Waals surface area contributed by atoms with Gasteiger partial charge < -0.3 is 25.7 Å². The predicted molar refractivity (Wildman–Crippen MR) is 158 cm³/mol. The van der Waals surface area contributed by atoms with E-state index in [0.717, 1.165) is 57.8 Å². The maximum atomic E-state index is 11.6. The van der Waals surface area contributed by atoms with Gasteiger partial charge >= 0.3 is 5.97 Å². The number of ketones is 1. The van der Waals surface area contributed by atoms with E-state index in [9.17, 15) is 24.9 Å². The summed E-state index contributed by atoms with van der Waals surface area (Å²) in [6.07, 6.45) is 11.6. The van der Waals surface area contributed by atoms with Gasteiger partial charge in [0.25, 0.3) is 0 Å². The van der Waals surface area contributed by atoms with Crippen molar-refractivity contribution in [3.63, 3.8) is 0 Å². The van der Waals surface area contributed by atoms with Crippen LogP contribution in [-0.2, 0) is 9.59 Å². The van der Waals surface area contributed by atoms with Gasteiger partial charge in [0.2, 0.25) is 0 Å². The lowest BCUT2D eigenvalue weighted by Crippen LogP contribution is -2.62. The van der Waals surface area contributed by atoms with Gasteiger partial charge in [0.15, 0.2) is 0 Å². The van der Waals surface area contributed by atoms with E-state index in [0.29, 0.717) is 53.9 Å². The highest BCUT2D eigenvalue weighted by atomic mass is 16.4. The third-order valence-corrected chi connectivity index (χ3v) is 13.5. The highest BCUT2D eigenvalue weighted by Crippen LogP contribution is 2.68. The van der Waals surface area contributed by atoms with Gasteiger partial charge in [-0.05, 0) is 117 Å². The summed E-state index contributed by atoms with van der Waals surface area (Å²) in [5.41, 5.74) is -0.143. The van der Waals surface area contributed by atoms with Crippen molar-refractivity contribution >= 4 is 11.8 Å². The molecule has 0 amide bonds. The number of aliphatic hydroxyl groups excluding tert-OH is 3. The fraction of sp³-hybridized carbons (Fsp3) is 0.941. The van der Waals surface area contributed by atoms with Crippen molar-refractivity contribution in [3.8, 4) is 0 Å². The zero-order valence-corrected chi connectivity index (χ0v) is 25.9. The molecule has 41 heavy (non-hydrogen) atoms. The third kappa shape index (κ3) is 5.79. The molecule has 1 aliphatic heterocycles. The largest absolute Gasteiger partial charge is 0.481 e. The Hall–Kier alpha value is -1.02. The molecule has 5 N–H and O–H groups in total. The molecule has 0 radical (unpaired) electrons. The second-order valence-corrected chi connectivity index (χ2v) is 15.7. The van der Waals surface area contributed by atoms with Crippen LogP contribution in [0.15, 0.2) is 0 Å². The minimum Gasteiger partial charge on any atom is -0.481 e. The summed E-state index contributed by atoms with van der Waals surface area (Å²) in [5.74, 6) is 1.86. The van der Waals surface area contributed by atoms with Crippen LogP contribution in [0.5, 0.6) is 0 Å². The molecule has 0 aromatic carbocycles. The molecule has 234 valence electrons. The number of aliphatic hydroxyl groups is 3. The Morgan fingerprint density at radius 3 is 2.46 bits per heavy atom. The van der Waals surface area contributed by atoms with E-state index in [4.69, 9.17) is 5.11 Å². The van der Waals surface area contributed by atoms with Crippen molar-refractivity contribution < 1.29 is 30.0 Å². The molecule has 5 saturated carbocycles. The lowest BCUT2D eigenvalue weighted by Gasteiger charge is -2.63. The summed E-state index contributed by atoms with van der Waals surface area (Å²) in [7, 11) is 0. The summed E-state index contributed by atoms with van der Waals surface area (Å²) < 4.78 is 0. The standard InChI is InChI=1S/C24H40O5.C10H17NO/c1-13(4-7-21(28)29)16-5-6-17-22-18(12-20(27)24(16,17)3)23(2)9-8-15(25)10-14(23)11-19(22)26;1-7-6-10(12)8-4-2-3-5-9(8)11-7/h13-20,22,25-27H,4-12H2,1-3H3,(H,28,29);7-9,11H,2-6H2,1H3/t13-,14?,15-,16-,17?,18?,19-,20+,22?,23+,24-;7-,8?,9?/m01/s1. The first-order valence-corrected chi connectivity index (χ1v) is 16.9. The van der Waals surface area contributed by atoms with E-state index < -0.39 is 12.1 Å². The molecule has 6 aliphatic rings. The zero-order valence-electron chi connectivity index (χ0n) is 25.9. The molecule has 14 atom stereocenters. The van der Waals surface area contributed by atoms with Crippen LogP contribution >= 0.6 is 0 Å². The summed E-state index contributed by atoms with van der Waals surface area (Å²) in [5, 5.41) is 45.5. The number of hydrogen-bond acceptors (Lipinski definition) is 6. The number of rotatable bonds is 4. The fourth-order valence-corrected chi connectivity index (χ4v) is 11.3. The monoisotopic (exact) mass is 575 g/mol. The Morgan fingerprint density at radius 1 is 1.00 bits per heavy atom. The van der Waals surface area contributed by atoms with E-state index in [-0.39, 0.29) is 41.3 Å². The Morgan fingerprint density at radius 2 is 1.73 bits per heavy atom. The van der Waals surface area contributed by atoms with Crippen molar-refractivity contribution in [2.75, 3.05) is 0 Å². The second-order valence-electron chi connectivity index (χ2n) is 15.7. The van der Waals surface area contributed by atoms with Crippen LogP contribution in [0.2, 0.25) is 0 Å². The number of carbonyl (C=O) groups excluding carboxylic acids is 1. The topological polar surface area (TPSA) is 127 Å². The van der Waals surface area contributed by atoms with E-state index in [2.05, 4.69) is 33.0 Å². The second kappa shape index (κ2) is 12.2. The molecule has 5 aliphatic carbocycles. The van der Waals surface area contributed by atoms with Crippen LogP contribution < -0.4 is 5.32 Å². The number of carboxylic acids is 1. The van der Waals surface area contributed by atoms with Crippen LogP contribution in [0, 0.1) is 52.3 Å². The number of carboxylic acid groups (broad SMARTS) is 1. The highest BCUT2D eigenvalue weighted by Gasteiger charge is 2.65.